The summed E-state index contributed by atoms with van der Waals surface area (Å²) in [6, 6.07) is 24.2. The number of sulfonamides is 1. The third kappa shape index (κ3) is 8.62. The quantitative estimate of drug-likeness (QED) is 0.120. The molecule has 0 bridgehead atoms. The van der Waals surface area contributed by atoms with Crippen molar-refractivity contribution in [2.45, 2.75) is 57.3 Å². The number of benzene rings is 4. The second-order valence-corrected chi connectivity index (χ2v) is 15.0. The molecule has 0 atom stereocenters. The molecule has 5 rings (SSSR count). The number of amides is 2. The van der Waals surface area contributed by atoms with Crippen LogP contribution in [0.4, 0.5) is 4.39 Å². The molecule has 0 saturated heterocycles. The zero-order valence-electron chi connectivity index (χ0n) is 29.5. The predicted octanol–water partition coefficient (Wildman–Crippen LogP) is 8.78. The molecule has 2 amide bonds. The maximum Gasteiger partial charge on any atom is 0.267 e. The molecule has 0 aliphatic carbocycles. The van der Waals surface area contributed by atoms with Crippen molar-refractivity contribution >= 4 is 45.0 Å². The third-order valence-corrected chi connectivity index (χ3v) is 10.8. The van der Waals surface area contributed by atoms with Crippen molar-refractivity contribution in [3.63, 3.8) is 0 Å². The lowest BCUT2D eigenvalue weighted by Crippen LogP contribution is -2.32. The first-order chi connectivity index (χ1) is 25.4. The average Bonchev–Trinajstić information content (AvgIpc) is 3.49. The number of aryl methyl sites for hydroxylation is 1. The zero-order chi connectivity index (χ0) is 38.3. The molecule has 1 aromatic heterocycles. The van der Waals surface area contributed by atoms with Gasteiger partial charge in [-0.25, -0.2) is 22.2 Å². The van der Waals surface area contributed by atoms with Crippen LogP contribution >= 0.6 is 23.2 Å². The minimum Gasteiger partial charge on any atom is -0.342 e. The van der Waals surface area contributed by atoms with Crippen molar-refractivity contribution in [3.8, 4) is 22.9 Å². The Morgan fingerprint density at radius 3 is 2.32 bits per heavy atom. The van der Waals surface area contributed by atoms with E-state index in [9.17, 15) is 23.3 Å². The summed E-state index contributed by atoms with van der Waals surface area (Å²) in [6.07, 6.45) is 3.49. The van der Waals surface area contributed by atoms with Gasteiger partial charge in [0, 0.05) is 36.7 Å². The molecule has 0 unspecified atom stereocenters. The molecule has 53 heavy (non-hydrogen) atoms. The van der Waals surface area contributed by atoms with E-state index in [1.807, 2.05) is 18.6 Å². The molecule has 9 nitrogen and oxygen atoms in total. The first kappa shape index (κ1) is 39.2. The standard InChI is InChI=1S/C40H38Cl2FN5O4S/c1-4-6-17-34-31(36(25-44)48(45-34)35-24-28(19-21-33(35)42)40(50)47(3)22-7-5-2)23-27-18-20-29(26-13-9-8-10-14-26)38(37(27)43)53(51,52)46-39(49)30-15-11-12-16-32(30)41/h8-16,18-21,24H,4-7,17,22-23H2,1-3H3,(H,46,49). The predicted molar refractivity (Wildman–Crippen MR) is 205 cm³/mol. The van der Waals surface area contributed by atoms with Gasteiger partial charge in [0.05, 0.1) is 27.0 Å². The molecule has 0 radical (unpaired) electrons. The molecule has 5 aromatic rings. The van der Waals surface area contributed by atoms with Gasteiger partial charge in [0.2, 0.25) is 0 Å². The van der Waals surface area contributed by atoms with Gasteiger partial charge in [-0.2, -0.15) is 10.4 Å². The Kier molecular flexibility index (Phi) is 12.7. The lowest BCUT2D eigenvalue weighted by atomic mass is 9.97. The van der Waals surface area contributed by atoms with Crippen LogP contribution in [-0.2, 0) is 22.9 Å². The van der Waals surface area contributed by atoms with Crippen molar-refractivity contribution in [2.24, 2.45) is 0 Å². The summed E-state index contributed by atoms with van der Waals surface area (Å²) in [5.41, 5.74) is 1.89. The maximum absolute atomic E-state index is 16.9. The molecule has 1 N–H and O–H groups in total. The number of aromatic nitrogens is 2. The van der Waals surface area contributed by atoms with Crippen LogP contribution in [0.3, 0.4) is 0 Å². The molecule has 0 aliphatic rings. The molecular weight excluding hydrogens is 736 g/mol. The van der Waals surface area contributed by atoms with Gasteiger partial charge in [0.15, 0.2) is 0 Å². The van der Waals surface area contributed by atoms with Gasteiger partial charge in [0.1, 0.15) is 22.5 Å². The number of nitrogens with one attached hydrogen (secondary N) is 1. The van der Waals surface area contributed by atoms with E-state index in [2.05, 4.69) is 6.07 Å². The van der Waals surface area contributed by atoms with Crippen LogP contribution in [-0.4, -0.2) is 48.5 Å². The number of hydrogen-bond donors (Lipinski definition) is 1. The molecule has 1 heterocycles. The molecule has 0 saturated carbocycles. The molecule has 274 valence electrons. The Morgan fingerprint density at radius 2 is 1.64 bits per heavy atom. The molecule has 0 aliphatic heterocycles. The Balaban J connectivity index is 1.63. The average molecular weight is 775 g/mol. The van der Waals surface area contributed by atoms with Gasteiger partial charge < -0.3 is 4.90 Å². The zero-order valence-corrected chi connectivity index (χ0v) is 31.8. The second-order valence-electron chi connectivity index (χ2n) is 12.5. The molecule has 0 spiro atoms. The van der Waals surface area contributed by atoms with Gasteiger partial charge in [-0.3, -0.25) is 9.59 Å². The fourth-order valence-electron chi connectivity index (χ4n) is 5.95. The summed E-state index contributed by atoms with van der Waals surface area (Å²) in [5.74, 6) is -2.34. The molecular formula is C40H38Cl2FN5O4S. The number of carbonyl (C=O) groups is 2. The van der Waals surface area contributed by atoms with E-state index in [0.29, 0.717) is 47.5 Å². The Morgan fingerprint density at radius 1 is 0.943 bits per heavy atom. The SMILES string of the molecule is CCCCc1nn(-c2cc(C(=O)N(C)CCCC)ccc2Cl)c(C#N)c1Cc1ccc(-c2ccccc2)c(S(=O)(=O)NC(=O)c2ccccc2Cl)c1F. The number of rotatable bonds is 14. The van der Waals surface area contributed by atoms with E-state index in [-0.39, 0.29) is 44.8 Å². The van der Waals surface area contributed by atoms with Crippen LogP contribution < -0.4 is 4.72 Å². The minimum absolute atomic E-state index is 0.0249. The lowest BCUT2D eigenvalue weighted by molar-refractivity contribution is 0.0793. The fourth-order valence-corrected chi connectivity index (χ4v) is 7.66. The van der Waals surface area contributed by atoms with E-state index < -0.39 is 26.6 Å². The second kappa shape index (κ2) is 17.2. The van der Waals surface area contributed by atoms with Crippen molar-refractivity contribution in [2.75, 3.05) is 13.6 Å². The van der Waals surface area contributed by atoms with E-state index in [1.165, 1.54) is 35.0 Å². The topological polar surface area (TPSA) is 125 Å². The highest BCUT2D eigenvalue weighted by atomic mass is 35.5. The van der Waals surface area contributed by atoms with Gasteiger partial charge in [-0.1, -0.05) is 104 Å². The first-order valence-electron chi connectivity index (χ1n) is 17.2. The van der Waals surface area contributed by atoms with Crippen LogP contribution in [0.5, 0.6) is 0 Å². The highest BCUT2D eigenvalue weighted by molar-refractivity contribution is 7.90. The number of carbonyl (C=O) groups excluding carboxylic acids is 2. The first-order valence-corrected chi connectivity index (χ1v) is 19.4. The largest absolute Gasteiger partial charge is 0.342 e. The van der Waals surface area contributed by atoms with E-state index >= 15 is 4.39 Å². The number of nitrogens with zero attached hydrogens (tertiary/aromatic N) is 4. The fraction of sp³-hybridized carbons (Fsp3) is 0.250. The smallest absolute Gasteiger partial charge is 0.267 e. The summed E-state index contributed by atoms with van der Waals surface area (Å²) in [4.78, 5) is 27.3. The maximum atomic E-state index is 16.9. The van der Waals surface area contributed by atoms with Crippen LogP contribution in [0.15, 0.2) is 89.8 Å². The summed E-state index contributed by atoms with van der Waals surface area (Å²) < 4.78 is 48.2. The van der Waals surface area contributed by atoms with Crippen molar-refractivity contribution in [3.05, 3.63) is 134 Å². The normalized spacial score (nSPS) is 11.3. The monoisotopic (exact) mass is 773 g/mol. The number of hydrogen-bond acceptors (Lipinski definition) is 6. The summed E-state index contributed by atoms with van der Waals surface area (Å²) in [6.45, 7) is 4.61. The minimum atomic E-state index is -4.83. The Labute approximate surface area is 319 Å². The van der Waals surface area contributed by atoms with Crippen LogP contribution in [0.2, 0.25) is 10.0 Å². The highest BCUT2D eigenvalue weighted by Gasteiger charge is 2.30. The summed E-state index contributed by atoms with van der Waals surface area (Å²) in [7, 11) is -3.11. The highest BCUT2D eigenvalue weighted by Crippen LogP contribution is 2.34. The summed E-state index contributed by atoms with van der Waals surface area (Å²) in [5, 5.41) is 15.6. The van der Waals surface area contributed by atoms with Gasteiger partial charge in [-0.05, 0) is 60.7 Å². The van der Waals surface area contributed by atoms with E-state index in [0.717, 1.165) is 19.3 Å². The molecule has 0 fully saturated rings. The van der Waals surface area contributed by atoms with Crippen LogP contribution in [0.25, 0.3) is 16.8 Å². The van der Waals surface area contributed by atoms with Crippen molar-refractivity contribution in [1.82, 2.24) is 19.4 Å². The van der Waals surface area contributed by atoms with Gasteiger partial charge >= 0.3 is 0 Å². The molecule has 4 aromatic carbocycles. The van der Waals surface area contributed by atoms with Crippen molar-refractivity contribution in [1.29, 1.82) is 5.26 Å². The molecule has 13 heteroatoms. The van der Waals surface area contributed by atoms with Gasteiger partial charge in [0.25, 0.3) is 21.8 Å². The summed E-state index contributed by atoms with van der Waals surface area (Å²) >= 11 is 12.8. The number of nitriles is 1. The third-order valence-electron chi connectivity index (χ3n) is 8.80. The Bertz CT molecular complexity index is 2310. The van der Waals surface area contributed by atoms with E-state index in [4.69, 9.17) is 28.3 Å². The lowest BCUT2D eigenvalue weighted by Gasteiger charge is -2.17. The van der Waals surface area contributed by atoms with E-state index in [1.54, 1.807) is 66.5 Å². The van der Waals surface area contributed by atoms with Crippen LogP contribution in [0, 0.1) is 17.1 Å². The number of halogens is 3. The van der Waals surface area contributed by atoms with Crippen molar-refractivity contribution < 1.29 is 22.4 Å². The number of unbranched alkanes of at least 4 members (excludes halogenated alkanes) is 2. The van der Waals surface area contributed by atoms with Crippen LogP contribution in [0.1, 0.15) is 82.8 Å². The van der Waals surface area contributed by atoms with Gasteiger partial charge in [-0.15, -0.1) is 0 Å². The Hall–Kier alpha value is -5.02.